The van der Waals surface area contributed by atoms with Crippen LogP contribution in [0.2, 0.25) is 0 Å². The molecule has 0 bridgehead atoms. The molecule has 1 unspecified atom stereocenters. The molecule has 1 heterocycles. The van der Waals surface area contributed by atoms with Gasteiger partial charge in [-0.15, -0.1) is 0 Å². The maximum atomic E-state index is 12.7. The molecular weight excluding hydrogens is 330 g/mol. The number of hydrogen-bond acceptors (Lipinski definition) is 4. The van der Waals surface area contributed by atoms with E-state index in [9.17, 15) is 9.90 Å². The molecule has 2 aromatic rings. The average Bonchev–Trinajstić information content (AvgIpc) is 2.61. The fraction of sp³-hybridized carbons (Fsp3) is 0.381. The molecule has 0 fully saturated rings. The number of aromatic hydroxyl groups is 1. The summed E-state index contributed by atoms with van der Waals surface area (Å²) in [4.78, 5) is 12.7. The zero-order chi connectivity index (χ0) is 18.9. The van der Waals surface area contributed by atoms with Crippen molar-refractivity contribution in [2.45, 2.75) is 32.6 Å². The molecule has 1 atom stereocenters. The smallest absolute Gasteiger partial charge is 0.231 e. The summed E-state index contributed by atoms with van der Waals surface area (Å²) < 4.78 is 11.0. The van der Waals surface area contributed by atoms with Crippen LogP contribution in [0.1, 0.15) is 31.9 Å². The van der Waals surface area contributed by atoms with Crippen molar-refractivity contribution >= 4 is 11.6 Å². The van der Waals surface area contributed by atoms with Gasteiger partial charge in [0.15, 0.2) is 0 Å². The number of carbonyl (C=O) groups is 1. The van der Waals surface area contributed by atoms with E-state index in [1.54, 1.807) is 13.2 Å². The lowest BCUT2D eigenvalue weighted by atomic mass is 9.86. The largest absolute Gasteiger partial charge is 0.506 e. The van der Waals surface area contributed by atoms with Crippen LogP contribution < -0.4 is 14.8 Å². The molecule has 138 valence electrons. The SMILES string of the molecule is COc1ccc2c(c1)CC(C(=O)Nc1cc(C(C)(C)C)ccc1O)CO2. The molecule has 3 rings (SSSR count). The number of rotatable bonds is 3. The van der Waals surface area contributed by atoms with Crippen molar-refractivity contribution in [2.24, 2.45) is 5.92 Å². The number of amides is 1. The van der Waals surface area contributed by atoms with Crippen molar-refractivity contribution in [3.8, 4) is 17.2 Å². The summed E-state index contributed by atoms with van der Waals surface area (Å²) in [6.07, 6.45) is 0.568. The van der Waals surface area contributed by atoms with Gasteiger partial charge in [-0.1, -0.05) is 26.8 Å². The van der Waals surface area contributed by atoms with Crippen molar-refractivity contribution in [3.05, 3.63) is 47.5 Å². The van der Waals surface area contributed by atoms with E-state index in [0.29, 0.717) is 18.7 Å². The number of fused-ring (bicyclic) bond motifs is 1. The van der Waals surface area contributed by atoms with Crippen molar-refractivity contribution in [1.29, 1.82) is 0 Å². The predicted molar refractivity (Wildman–Crippen MR) is 101 cm³/mol. The Bertz CT molecular complexity index is 823. The normalized spacial score (nSPS) is 16.4. The van der Waals surface area contributed by atoms with Gasteiger partial charge >= 0.3 is 0 Å². The highest BCUT2D eigenvalue weighted by Gasteiger charge is 2.27. The molecular formula is C21H25NO4. The first-order valence-electron chi connectivity index (χ1n) is 8.72. The average molecular weight is 355 g/mol. The molecule has 0 saturated heterocycles. The standard InChI is InChI=1S/C21H25NO4/c1-21(2,3)15-5-7-18(23)17(11-15)22-20(24)14-9-13-10-16(25-4)6-8-19(13)26-12-14/h5-8,10-11,14,23H,9,12H2,1-4H3,(H,22,24). The third-order valence-electron chi connectivity index (χ3n) is 4.67. The number of benzene rings is 2. The Hall–Kier alpha value is -2.69. The van der Waals surface area contributed by atoms with Gasteiger partial charge < -0.3 is 19.9 Å². The number of methoxy groups -OCH3 is 1. The van der Waals surface area contributed by atoms with Crippen LogP contribution in [0.5, 0.6) is 17.2 Å². The van der Waals surface area contributed by atoms with Crippen molar-refractivity contribution in [1.82, 2.24) is 0 Å². The van der Waals surface area contributed by atoms with Crippen LogP contribution >= 0.6 is 0 Å². The minimum absolute atomic E-state index is 0.0603. The van der Waals surface area contributed by atoms with Crippen LogP contribution in [0.3, 0.4) is 0 Å². The number of anilines is 1. The molecule has 0 aromatic heterocycles. The highest BCUT2D eigenvalue weighted by Crippen LogP contribution is 2.33. The number of hydrogen-bond donors (Lipinski definition) is 2. The van der Waals surface area contributed by atoms with E-state index in [-0.39, 0.29) is 23.0 Å². The highest BCUT2D eigenvalue weighted by atomic mass is 16.5. The third-order valence-corrected chi connectivity index (χ3v) is 4.67. The molecule has 26 heavy (non-hydrogen) atoms. The summed E-state index contributed by atoms with van der Waals surface area (Å²) in [6, 6.07) is 10.9. The Morgan fingerprint density at radius 1 is 1.23 bits per heavy atom. The van der Waals surface area contributed by atoms with Gasteiger partial charge in [-0.25, -0.2) is 0 Å². The molecule has 2 aromatic carbocycles. The van der Waals surface area contributed by atoms with Crippen LogP contribution in [-0.2, 0) is 16.6 Å². The number of phenolic OH excluding ortho intramolecular Hbond substituents is 1. The highest BCUT2D eigenvalue weighted by molar-refractivity contribution is 5.94. The van der Waals surface area contributed by atoms with Crippen molar-refractivity contribution in [3.63, 3.8) is 0 Å². The molecule has 1 aliphatic rings. The van der Waals surface area contributed by atoms with Crippen molar-refractivity contribution < 1.29 is 19.4 Å². The molecule has 0 radical (unpaired) electrons. The van der Waals surface area contributed by atoms with E-state index in [1.807, 2.05) is 30.3 Å². The predicted octanol–water partition coefficient (Wildman–Crippen LogP) is 3.89. The Morgan fingerprint density at radius 2 is 2.00 bits per heavy atom. The number of nitrogens with one attached hydrogen (secondary N) is 1. The summed E-state index contributed by atoms with van der Waals surface area (Å²) in [5, 5.41) is 13.0. The molecule has 2 N–H and O–H groups in total. The fourth-order valence-corrected chi connectivity index (χ4v) is 3.00. The van der Waals surface area contributed by atoms with E-state index in [4.69, 9.17) is 9.47 Å². The Morgan fingerprint density at radius 3 is 2.69 bits per heavy atom. The molecule has 1 aliphatic heterocycles. The van der Waals surface area contributed by atoms with E-state index >= 15 is 0 Å². The van der Waals surface area contributed by atoms with E-state index < -0.39 is 0 Å². The van der Waals surface area contributed by atoms with Crippen LogP contribution in [0.15, 0.2) is 36.4 Å². The zero-order valence-corrected chi connectivity index (χ0v) is 15.6. The second-order valence-electron chi connectivity index (χ2n) is 7.66. The van der Waals surface area contributed by atoms with Gasteiger partial charge in [0.2, 0.25) is 5.91 Å². The van der Waals surface area contributed by atoms with E-state index in [0.717, 1.165) is 22.6 Å². The molecule has 0 aliphatic carbocycles. The van der Waals surface area contributed by atoms with Crippen LogP contribution in [0, 0.1) is 5.92 Å². The van der Waals surface area contributed by atoms with Gasteiger partial charge in [0.1, 0.15) is 23.9 Å². The Kier molecular flexibility index (Phi) is 4.81. The first kappa shape index (κ1) is 18.1. The summed E-state index contributed by atoms with van der Waals surface area (Å²) in [5.74, 6) is 1.09. The number of carbonyl (C=O) groups excluding carboxylic acids is 1. The van der Waals surface area contributed by atoms with E-state index in [1.165, 1.54) is 0 Å². The van der Waals surface area contributed by atoms with Crippen LogP contribution in [-0.4, -0.2) is 24.7 Å². The quantitative estimate of drug-likeness (QED) is 0.820. The Balaban J connectivity index is 1.77. The molecule has 0 saturated carbocycles. The van der Waals surface area contributed by atoms with Crippen LogP contribution in [0.4, 0.5) is 5.69 Å². The maximum Gasteiger partial charge on any atom is 0.231 e. The summed E-state index contributed by atoms with van der Waals surface area (Å²) >= 11 is 0. The topological polar surface area (TPSA) is 67.8 Å². The minimum Gasteiger partial charge on any atom is -0.506 e. The van der Waals surface area contributed by atoms with Crippen LogP contribution in [0.25, 0.3) is 0 Å². The molecule has 0 spiro atoms. The van der Waals surface area contributed by atoms with E-state index in [2.05, 4.69) is 26.1 Å². The monoisotopic (exact) mass is 355 g/mol. The summed E-state index contributed by atoms with van der Waals surface area (Å²) in [5.41, 5.74) is 2.35. The minimum atomic E-state index is -0.327. The lowest BCUT2D eigenvalue weighted by molar-refractivity contribution is -0.121. The Labute approximate surface area is 153 Å². The van der Waals surface area contributed by atoms with Gasteiger partial charge in [0, 0.05) is 0 Å². The van der Waals surface area contributed by atoms with Crippen molar-refractivity contribution in [2.75, 3.05) is 19.0 Å². The maximum absolute atomic E-state index is 12.7. The summed E-state index contributed by atoms with van der Waals surface area (Å²) in [6.45, 7) is 6.57. The number of phenols is 1. The fourth-order valence-electron chi connectivity index (χ4n) is 3.00. The second kappa shape index (κ2) is 6.90. The third kappa shape index (κ3) is 3.77. The van der Waals surface area contributed by atoms with Gasteiger partial charge in [-0.05, 0) is 53.3 Å². The second-order valence-corrected chi connectivity index (χ2v) is 7.66. The molecule has 5 nitrogen and oxygen atoms in total. The van der Waals surface area contributed by atoms with Gasteiger partial charge in [-0.2, -0.15) is 0 Å². The molecule has 1 amide bonds. The van der Waals surface area contributed by atoms with Gasteiger partial charge in [0.05, 0.1) is 18.7 Å². The summed E-state index contributed by atoms with van der Waals surface area (Å²) in [7, 11) is 1.61. The lowest BCUT2D eigenvalue weighted by Gasteiger charge is -2.25. The van der Waals surface area contributed by atoms with Gasteiger partial charge in [-0.3, -0.25) is 4.79 Å². The first-order chi connectivity index (χ1) is 12.3. The lowest BCUT2D eigenvalue weighted by Crippen LogP contribution is -2.32. The van der Waals surface area contributed by atoms with Gasteiger partial charge in [0.25, 0.3) is 0 Å². The first-order valence-corrected chi connectivity index (χ1v) is 8.72. The zero-order valence-electron chi connectivity index (χ0n) is 15.6. The molecule has 5 heteroatoms. The number of ether oxygens (including phenoxy) is 2.